The van der Waals surface area contributed by atoms with Crippen molar-refractivity contribution < 1.29 is 9.84 Å². The monoisotopic (exact) mass is 281 g/mol. The number of pyridine rings is 1. The minimum Gasteiger partial charge on any atom is -0.508 e. The quantitative estimate of drug-likeness (QED) is 0.784. The van der Waals surface area contributed by atoms with Crippen LogP contribution in [0.3, 0.4) is 0 Å². The summed E-state index contributed by atoms with van der Waals surface area (Å²) >= 11 is 0. The molecule has 106 valence electrons. The van der Waals surface area contributed by atoms with Crippen LogP contribution >= 0.6 is 0 Å². The Labute approximate surface area is 121 Å². The maximum atomic E-state index is 9.72. The van der Waals surface area contributed by atoms with Gasteiger partial charge >= 0.3 is 0 Å². The second kappa shape index (κ2) is 4.86. The number of imidazole rings is 1. The summed E-state index contributed by atoms with van der Waals surface area (Å²) < 4.78 is 7.86. The first-order valence-corrected chi connectivity index (χ1v) is 7.07. The minimum atomic E-state index is -0.0396. The Morgan fingerprint density at radius 3 is 3.00 bits per heavy atom. The molecule has 1 N–H and O–H groups in total. The Hall–Kier alpha value is -2.40. The SMILES string of the molecule is Oc1cccc(-c2nc3cccnc3n2C2CCCO2)c1. The molecule has 1 unspecified atom stereocenters. The predicted molar refractivity (Wildman–Crippen MR) is 78.9 cm³/mol. The lowest BCUT2D eigenvalue weighted by Gasteiger charge is -2.15. The van der Waals surface area contributed by atoms with Crippen molar-refractivity contribution in [1.29, 1.82) is 0 Å². The fraction of sp³-hybridized carbons (Fsp3) is 0.250. The molecule has 1 aromatic carbocycles. The van der Waals surface area contributed by atoms with E-state index in [4.69, 9.17) is 4.74 Å². The molecule has 1 fully saturated rings. The van der Waals surface area contributed by atoms with Crippen LogP contribution in [0.2, 0.25) is 0 Å². The van der Waals surface area contributed by atoms with E-state index in [0.29, 0.717) is 0 Å². The summed E-state index contributed by atoms with van der Waals surface area (Å²) in [4.78, 5) is 9.13. The molecule has 1 atom stereocenters. The van der Waals surface area contributed by atoms with E-state index in [1.807, 2.05) is 28.8 Å². The molecular weight excluding hydrogens is 266 g/mol. The van der Waals surface area contributed by atoms with Gasteiger partial charge in [0.15, 0.2) is 5.65 Å². The number of phenols is 1. The normalized spacial score (nSPS) is 18.4. The number of ether oxygens (including phenoxy) is 1. The lowest BCUT2D eigenvalue weighted by atomic mass is 10.2. The molecule has 4 rings (SSSR count). The van der Waals surface area contributed by atoms with Crippen molar-refractivity contribution in [2.45, 2.75) is 19.1 Å². The number of aromatic hydroxyl groups is 1. The second-order valence-corrected chi connectivity index (χ2v) is 5.17. The van der Waals surface area contributed by atoms with Gasteiger partial charge in [0.1, 0.15) is 23.3 Å². The maximum absolute atomic E-state index is 9.72. The zero-order valence-corrected chi connectivity index (χ0v) is 11.4. The molecule has 0 bridgehead atoms. The van der Waals surface area contributed by atoms with Crippen LogP contribution in [0.1, 0.15) is 19.1 Å². The van der Waals surface area contributed by atoms with E-state index < -0.39 is 0 Å². The van der Waals surface area contributed by atoms with Crippen molar-refractivity contribution in [2.75, 3.05) is 6.61 Å². The van der Waals surface area contributed by atoms with Gasteiger partial charge in [0.2, 0.25) is 0 Å². The van der Waals surface area contributed by atoms with Crippen LogP contribution in [0.25, 0.3) is 22.6 Å². The van der Waals surface area contributed by atoms with Gasteiger partial charge in [0.25, 0.3) is 0 Å². The average Bonchev–Trinajstić information content (AvgIpc) is 3.14. The van der Waals surface area contributed by atoms with Crippen LogP contribution in [0.15, 0.2) is 42.6 Å². The largest absolute Gasteiger partial charge is 0.508 e. The number of nitrogens with zero attached hydrogens (tertiary/aromatic N) is 3. The van der Waals surface area contributed by atoms with Crippen LogP contribution in [-0.4, -0.2) is 26.2 Å². The number of fused-ring (bicyclic) bond motifs is 1. The summed E-state index contributed by atoms with van der Waals surface area (Å²) in [6, 6.07) is 10.9. The Morgan fingerprint density at radius 2 is 2.19 bits per heavy atom. The molecule has 1 aliphatic heterocycles. The van der Waals surface area contributed by atoms with Gasteiger partial charge in [-0.25, -0.2) is 9.97 Å². The van der Waals surface area contributed by atoms with Crippen LogP contribution in [-0.2, 0) is 4.74 Å². The van der Waals surface area contributed by atoms with E-state index in [0.717, 1.165) is 42.0 Å². The third kappa shape index (κ3) is 2.06. The van der Waals surface area contributed by atoms with Gasteiger partial charge in [-0.3, -0.25) is 4.57 Å². The lowest BCUT2D eigenvalue weighted by molar-refractivity contribution is 0.0606. The molecule has 5 nitrogen and oxygen atoms in total. The summed E-state index contributed by atoms with van der Waals surface area (Å²) in [6.45, 7) is 0.761. The first-order valence-electron chi connectivity index (χ1n) is 7.07. The second-order valence-electron chi connectivity index (χ2n) is 5.17. The fourth-order valence-corrected chi connectivity index (χ4v) is 2.82. The van der Waals surface area contributed by atoms with E-state index in [2.05, 4.69) is 9.97 Å². The zero-order valence-electron chi connectivity index (χ0n) is 11.4. The van der Waals surface area contributed by atoms with E-state index in [1.54, 1.807) is 18.3 Å². The van der Waals surface area contributed by atoms with Gasteiger partial charge in [-0.05, 0) is 37.1 Å². The number of phenolic OH excluding ortho intramolecular Hbond substituents is 1. The third-order valence-electron chi connectivity index (χ3n) is 3.75. The minimum absolute atomic E-state index is 0.0396. The lowest BCUT2D eigenvalue weighted by Crippen LogP contribution is -2.09. The summed E-state index contributed by atoms with van der Waals surface area (Å²) in [5, 5.41) is 9.72. The molecule has 0 saturated carbocycles. The highest BCUT2D eigenvalue weighted by Crippen LogP contribution is 2.33. The van der Waals surface area contributed by atoms with Gasteiger partial charge in [0, 0.05) is 18.4 Å². The molecule has 0 aliphatic carbocycles. The molecule has 21 heavy (non-hydrogen) atoms. The highest BCUT2D eigenvalue weighted by atomic mass is 16.5. The highest BCUT2D eigenvalue weighted by Gasteiger charge is 2.24. The molecule has 3 aromatic rings. The predicted octanol–water partition coefficient (Wildman–Crippen LogP) is 3.11. The molecule has 0 radical (unpaired) electrons. The van der Waals surface area contributed by atoms with E-state index >= 15 is 0 Å². The van der Waals surface area contributed by atoms with Gasteiger partial charge in [-0.2, -0.15) is 0 Å². The summed E-state index contributed by atoms with van der Waals surface area (Å²) in [7, 11) is 0. The average molecular weight is 281 g/mol. The van der Waals surface area contributed by atoms with Crippen molar-refractivity contribution in [2.24, 2.45) is 0 Å². The van der Waals surface area contributed by atoms with Gasteiger partial charge in [-0.1, -0.05) is 12.1 Å². The van der Waals surface area contributed by atoms with E-state index in [9.17, 15) is 5.11 Å². The Bertz CT molecular complexity index is 791. The topological polar surface area (TPSA) is 60.2 Å². The fourth-order valence-electron chi connectivity index (χ4n) is 2.82. The van der Waals surface area contributed by atoms with Crippen LogP contribution in [0.5, 0.6) is 5.75 Å². The molecule has 1 saturated heterocycles. The summed E-state index contributed by atoms with van der Waals surface area (Å²) in [5.74, 6) is 1.01. The number of aromatic nitrogens is 3. The standard InChI is InChI=1S/C16H15N3O2/c20-12-5-1-4-11(10-12)15-18-13-6-2-8-17-16(13)19(15)14-7-3-9-21-14/h1-2,4-6,8,10,14,20H,3,7,9H2. The Morgan fingerprint density at radius 1 is 1.24 bits per heavy atom. The molecule has 5 heteroatoms. The van der Waals surface area contributed by atoms with Crippen LogP contribution in [0.4, 0.5) is 0 Å². The van der Waals surface area contributed by atoms with E-state index in [-0.39, 0.29) is 12.0 Å². The molecule has 1 aliphatic rings. The van der Waals surface area contributed by atoms with Gasteiger partial charge in [-0.15, -0.1) is 0 Å². The molecule has 0 spiro atoms. The van der Waals surface area contributed by atoms with Crippen LogP contribution in [0, 0.1) is 0 Å². The summed E-state index contributed by atoms with van der Waals surface area (Å²) in [5.41, 5.74) is 2.53. The number of rotatable bonds is 2. The van der Waals surface area contributed by atoms with Crippen molar-refractivity contribution in [3.05, 3.63) is 42.6 Å². The van der Waals surface area contributed by atoms with Crippen molar-refractivity contribution in [3.8, 4) is 17.1 Å². The van der Waals surface area contributed by atoms with Crippen molar-refractivity contribution >= 4 is 11.2 Å². The molecule has 2 aromatic heterocycles. The van der Waals surface area contributed by atoms with Gasteiger partial charge < -0.3 is 9.84 Å². The number of benzene rings is 1. The van der Waals surface area contributed by atoms with Gasteiger partial charge in [0.05, 0.1) is 0 Å². The first kappa shape index (κ1) is 12.3. The van der Waals surface area contributed by atoms with Crippen molar-refractivity contribution in [3.63, 3.8) is 0 Å². The smallest absolute Gasteiger partial charge is 0.162 e. The Kier molecular flexibility index (Phi) is 2.86. The van der Waals surface area contributed by atoms with E-state index in [1.165, 1.54) is 0 Å². The number of hydrogen-bond donors (Lipinski definition) is 1. The third-order valence-corrected chi connectivity index (χ3v) is 3.75. The molecular formula is C16H15N3O2. The first-order chi connectivity index (χ1) is 10.3. The highest BCUT2D eigenvalue weighted by molar-refractivity contribution is 5.77. The molecule has 0 amide bonds. The summed E-state index contributed by atoms with van der Waals surface area (Å²) in [6.07, 6.45) is 3.72. The zero-order chi connectivity index (χ0) is 14.2. The molecule has 3 heterocycles. The maximum Gasteiger partial charge on any atom is 0.162 e. The Balaban J connectivity index is 1.97. The number of hydrogen-bond acceptors (Lipinski definition) is 4. The van der Waals surface area contributed by atoms with Crippen molar-refractivity contribution in [1.82, 2.24) is 14.5 Å². The van der Waals surface area contributed by atoms with Crippen LogP contribution < -0.4 is 0 Å².